The molecule has 0 radical (unpaired) electrons. The van der Waals surface area contributed by atoms with Crippen LogP contribution in [-0.4, -0.2) is 6.54 Å². The van der Waals surface area contributed by atoms with Gasteiger partial charge in [0.15, 0.2) is 0 Å². The van der Waals surface area contributed by atoms with E-state index >= 15 is 0 Å². The van der Waals surface area contributed by atoms with Gasteiger partial charge in [-0.2, -0.15) is 5.26 Å². The highest BCUT2D eigenvalue weighted by Gasteiger charge is 2.17. The Morgan fingerprint density at radius 2 is 2.24 bits per heavy atom. The van der Waals surface area contributed by atoms with Gasteiger partial charge in [0.25, 0.3) is 0 Å². The lowest BCUT2D eigenvalue weighted by Crippen LogP contribution is -2.22. The van der Waals surface area contributed by atoms with E-state index in [1.165, 1.54) is 12.1 Å². The predicted octanol–water partition coefficient (Wildman–Crippen LogP) is 3.82. The van der Waals surface area contributed by atoms with Crippen LogP contribution in [-0.2, 0) is 0 Å². The number of benzene rings is 1. The molecule has 2 nitrogen and oxygen atoms in total. The lowest BCUT2D eigenvalue weighted by atomic mass is 10.1. The van der Waals surface area contributed by atoms with E-state index in [0.717, 1.165) is 19.3 Å². The van der Waals surface area contributed by atoms with Gasteiger partial charge in [-0.25, -0.2) is 4.39 Å². The molecule has 4 heteroatoms. The van der Waals surface area contributed by atoms with Crippen LogP contribution in [0.4, 0.5) is 4.39 Å². The van der Waals surface area contributed by atoms with Gasteiger partial charge >= 0.3 is 0 Å². The Bertz CT molecular complexity index is 381. The van der Waals surface area contributed by atoms with E-state index in [-0.39, 0.29) is 5.56 Å². The van der Waals surface area contributed by atoms with Crippen LogP contribution in [0.15, 0.2) is 18.2 Å². The summed E-state index contributed by atoms with van der Waals surface area (Å²) in [5, 5.41) is 12.4. The van der Waals surface area contributed by atoms with Gasteiger partial charge in [0.2, 0.25) is 0 Å². The molecule has 0 spiro atoms. The maximum Gasteiger partial charge on any atom is 0.130 e. The lowest BCUT2D eigenvalue weighted by molar-refractivity contribution is 0.545. The fraction of sp³-hybridized carbons (Fsp3) is 0.462. The minimum Gasteiger partial charge on any atom is -0.298 e. The van der Waals surface area contributed by atoms with Crippen LogP contribution in [0, 0.1) is 17.1 Å². The maximum absolute atomic E-state index is 13.6. The third kappa shape index (κ3) is 3.99. The van der Waals surface area contributed by atoms with E-state index in [2.05, 4.69) is 12.2 Å². The number of nitrogens with one attached hydrogen (secondary N) is 1. The number of hydrogen-bond acceptors (Lipinski definition) is 2. The third-order valence-electron chi connectivity index (χ3n) is 2.55. The molecule has 0 aliphatic heterocycles. The largest absolute Gasteiger partial charge is 0.298 e. The zero-order valence-corrected chi connectivity index (χ0v) is 10.6. The van der Waals surface area contributed by atoms with E-state index in [1.54, 1.807) is 6.07 Å². The fourth-order valence-corrected chi connectivity index (χ4v) is 1.89. The molecule has 17 heavy (non-hydrogen) atoms. The highest BCUT2D eigenvalue weighted by molar-refractivity contribution is 6.31. The number of rotatable bonds is 6. The Hall–Kier alpha value is -1.11. The molecule has 0 heterocycles. The van der Waals surface area contributed by atoms with Crippen LogP contribution in [0.25, 0.3) is 0 Å². The first-order valence-corrected chi connectivity index (χ1v) is 6.15. The van der Waals surface area contributed by atoms with Crippen molar-refractivity contribution in [2.75, 3.05) is 6.54 Å². The van der Waals surface area contributed by atoms with Crippen LogP contribution in [0.2, 0.25) is 5.02 Å². The molecule has 1 N–H and O–H groups in total. The first-order chi connectivity index (χ1) is 8.20. The summed E-state index contributed by atoms with van der Waals surface area (Å²) in [7, 11) is 0. The molecule has 0 saturated heterocycles. The van der Waals surface area contributed by atoms with Crippen molar-refractivity contribution in [1.29, 1.82) is 5.26 Å². The second kappa shape index (κ2) is 7.26. The van der Waals surface area contributed by atoms with Crippen LogP contribution < -0.4 is 5.32 Å². The highest BCUT2D eigenvalue weighted by atomic mass is 35.5. The standard InChI is InChI=1S/C13H16ClFN2/c1-2-3-4-8-17-12(9-16)13-10(14)6-5-7-11(13)15/h5-7,12,17H,2-4,8H2,1H3. The number of hydrogen-bond donors (Lipinski definition) is 1. The summed E-state index contributed by atoms with van der Waals surface area (Å²) >= 11 is 5.91. The van der Waals surface area contributed by atoms with Gasteiger partial charge in [0.1, 0.15) is 11.9 Å². The Balaban J connectivity index is 2.70. The molecule has 1 aromatic rings. The molecular weight excluding hydrogens is 239 g/mol. The molecule has 0 aliphatic carbocycles. The average Bonchev–Trinajstić information content (AvgIpc) is 2.31. The van der Waals surface area contributed by atoms with Crippen LogP contribution in [0.1, 0.15) is 37.8 Å². The van der Waals surface area contributed by atoms with Crippen molar-refractivity contribution < 1.29 is 4.39 Å². The first kappa shape index (κ1) is 14.0. The summed E-state index contributed by atoms with van der Waals surface area (Å²) < 4.78 is 13.6. The van der Waals surface area contributed by atoms with Crippen molar-refractivity contribution in [3.8, 4) is 6.07 Å². The number of nitrogens with zero attached hydrogens (tertiary/aromatic N) is 1. The Morgan fingerprint density at radius 1 is 1.47 bits per heavy atom. The highest BCUT2D eigenvalue weighted by Crippen LogP contribution is 2.25. The topological polar surface area (TPSA) is 35.8 Å². The minimum atomic E-state index is -0.680. The maximum atomic E-state index is 13.6. The van der Waals surface area contributed by atoms with E-state index in [1.807, 2.05) is 6.07 Å². The third-order valence-corrected chi connectivity index (χ3v) is 2.88. The fourth-order valence-electron chi connectivity index (χ4n) is 1.62. The normalized spacial score (nSPS) is 12.1. The molecule has 0 saturated carbocycles. The quantitative estimate of drug-likeness (QED) is 0.784. The van der Waals surface area contributed by atoms with Crippen molar-refractivity contribution in [2.24, 2.45) is 0 Å². The Morgan fingerprint density at radius 3 is 2.82 bits per heavy atom. The van der Waals surface area contributed by atoms with Crippen molar-refractivity contribution in [3.05, 3.63) is 34.6 Å². The van der Waals surface area contributed by atoms with Crippen LogP contribution >= 0.6 is 11.6 Å². The van der Waals surface area contributed by atoms with Gasteiger partial charge in [-0.1, -0.05) is 37.4 Å². The summed E-state index contributed by atoms with van der Waals surface area (Å²) in [4.78, 5) is 0. The van der Waals surface area contributed by atoms with E-state index in [0.29, 0.717) is 11.6 Å². The van der Waals surface area contributed by atoms with Gasteiger partial charge in [-0.3, -0.25) is 5.32 Å². The average molecular weight is 255 g/mol. The minimum absolute atomic E-state index is 0.244. The molecule has 0 amide bonds. The molecule has 1 atom stereocenters. The summed E-state index contributed by atoms with van der Waals surface area (Å²) in [5.74, 6) is -0.438. The van der Waals surface area contributed by atoms with E-state index in [9.17, 15) is 4.39 Å². The predicted molar refractivity (Wildman–Crippen MR) is 67.3 cm³/mol. The summed E-state index contributed by atoms with van der Waals surface area (Å²) in [6.45, 7) is 2.80. The van der Waals surface area contributed by atoms with E-state index in [4.69, 9.17) is 16.9 Å². The van der Waals surface area contributed by atoms with E-state index < -0.39 is 11.9 Å². The lowest BCUT2D eigenvalue weighted by Gasteiger charge is -2.13. The molecule has 1 unspecified atom stereocenters. The van der Waals surface area contributed by atoms with Crippen LogP contribution in [0.5, 0.6) is 0 Å². The zero-order chi connectivity index (χ0) is 12.7. The van der Waals surface area contributed by atoms with Gasteiger partial charge in [-0.05, 0) is 25.1 Å². The molecule has 1 aromatic carbocycles. The van der Waals surface area contributed by atoms with Gasteiger partial charge in [0.05, 0.1) is 6.07 Å². The summed E-state index contributed by atoms with van der Waals surface area (Å²) in [5.41, 5.74) is 0.244. The number of unbranched alkanes of at least 4 members (excludes halogenated alkanes) is 2. The molecule has 0 aliphatic rings. The SMILES string of the molecule is CCCCCNC(C#N)c1c(F)cccc1Cl. The van der Waals surface area contributed by atoms with Gasteiger partial charge in [0, 0.05) is 10.6 Å². The van der Waals surface area contributed by atoms with Crippen molar-refractivity contribution in [3.63, 3.8) is 0 Å². The molecule has 1 rings (SSSR count). The van der Waals surface area contributed by atoms with Crippen molar-refractivity contribution in [2.45, 2.75) is 32.2 Å². The molecule has 0 bridgehead atoms. The molecular formula is C13H16ClFN2. The van der Waals surface area contributed by atoms with Crippen molar-refractivity contribution >= 4 is 11.6 Å². The second-order valence-corrected chi connectivity index (χ2v) is 4.27. The zero-order valence-electron chi connectivity index (χ0n) is 9.84. The first-order valence-electron chi connectivity index (χ1n) is 5.77. The number of halogens is 2. The molecule has 0 aromatic heterocycles. The Kier molecular flexibility index (Phi) is 5.96. The second-order valence-electron chi connectivity index (χ2n) is 3.86. The van der Waals surface area contributed by atoms with Gasteiger partial charge < -0.3 is 0 Å². The van der Waals surface area contributed by atoms with Crippen molar-refractivity contribution in [1.82, 2.24) is 5.32 Å². The van der Waals surface area contributed by atoms with Crippen LogP contribution in [0.3, 0.4) is 0 Å². The number of nitriles is 1. The molecule has 0 fully saturated rings. The monoisotopic (exact) mass is 254 g/mol. The summed E-state index contributed by atoms with van der Waals surface area (Å²) in [6, 6.07) is 5.81. The van der Waals surface area contributed by atoms with Gasteiger partial charge in [-0.15, -0.1) is 0 Å². The smallest absolute Gasteiger partial charge is 0.130 e. The summed E-state index contributed by atoms with van der Waals surface area (Å²) in [6.07, 6.45) is 3.18. The molecule has 92 valence electrons. The Labute approximate surface area is 106 Å².